The predicted molar refractivity (Wildman–Crippen MR) is 71.6 cm³/mol. The molecule has 1 unspecified atom stereocenters. The van der Waals surface area contributed by atoms with Crippen LogP contribution in [0.1, 0.15) is 19.8 Å². The molecular weight excluding hydrogens is 246 g/mol. The first-order valence-corrected chi connectivity index (χ1v) is 6.71. The minimum atomic E-state index is -0.342. The molecule has 2 rings (SSSR count). The summed E-state index contributed by atoms with van der Waals surface area (Å²) in [5, 5.41) is 2.47. The Bertz CT molecular complexity index is 380. The van der Waals surface area contributed by atoms with Gasteiger partial charge in [-0.1, -0.05) is 6.92 Å². The Morgan fingerprint density at radius 1 is 1.53 bits per heavy atom. The molecule has 2 heterocycles. The van der Waals surface area contributed by atoms with Crippen molar-refractivity contribution in [2.75, 3.05) is 32.7 Å². The molecule has 19 heavy (non-hydrogen) atoms. The molecule has 0 aromatic rings. The van der Waals surface area contributed by atoms with Gasteiger partial charge < -0.3 is 16.0 Å². The third kappa shape index (κ3) is 3.36. The van der Waals surface area contributed by atoms with Crippen LogP contribution in [0.15, 0.2) is 4.99 Å². The highest BCUT2D eigenvalue weighted by molar-refractivity contribution is 6.01. The van der Waals surface area contributed by atoms with E-state index in [0.29, 0.717) is 18.4 Å². The monoisotopic (exact) mass is 267 g/mol. The normalized spacial score (nSPS) is 24.9. The van der Waals surface area contributed by atoms with Crippen molar-refractivity contribution in [2.45, 2.75) is 19.8 Å². The zero-order chi connectivity index (χ0) is 13.8. The molecule has 3 amide bonds. The van der Waals surface area contributed by atoms with Crippen molar-refractivity contribution < 1.29 is 9.59 Å². The Morgan fingerprint density at radius 3 is 2.95 bits per heavy atom. The van der Waals surface area contributed by atoms with E-state index in [1.165, 1.54) is 11.3 Å². The quantitative estimate of drug-likeness (QED) is 0.413. The zero-order valence-electron chi connectivity index (χ0n) is 11.3. The van der Waals surface area contributed by atoms with E-state index in [4.69, 9.17) is 5.73 Å². The number of nitrogens with two attached hydrogens (primary N) is 1. The van der Waals surface area contributed by atoms with E-state index in [1.807, 2.05) is 0 Å². The van der Waals surface area contributed by atoms with Gasteiger partial charge in [-0.2, -0.15) is 0 Å². The van der Waals surface area contributed by atoms with E-state index < -0.39 is 0 Å². The molecule has 0 radical (unpaired) electrons. The number of guanidine groups is 1. The van der Waals surface area contributed by atoms with Gasteiger partial charge >= 0.3 is 6.03 Å². The second kappa shape index (κ2) is 5.90. The summed E-state index contributed by atoms with van der Waals surface area (Å²) >= 11 is 0. The van der Waals surface area contributed by atoms with E-state index in [2.05, 4.69) is 22.1 Å². The van der Waals surface area contributed by atoms with Crippen LogP contribution in [0.4, 0.5) is 4.79 Å². The fraction of sp³-hybridized carbons (Fsp3) is 0.750. The summed E-state index contributed by atoms with van der Waals surface area (Å²) in [7, 11) is 0. The first-order valence-electron chi connectivity index (χ1n) is 6.71. The molecule has 7 nitrogen and oxygen atoms in total. The lowest BCUT2D eigenvalue weighted by Crippen LogP contribution is -2.44. The average Bonchev–Trinajstić information content (AvgIpc) is 2.70. The van der Waals surface area contributed by atoms with Crippen LogP contribution in [0.25, 0.3) is 0 Å². The van der Waals surface area contributed by atoms with Crippen LogP contribution in [0.3, 0.4) is 0 Å². The Balaban J connectivity index is 1.81. The summed E-state index contributed by atoms with van der Waals surface area (Å²) in [5.41, 5.74) is 5.94. The number of amides is 3. The summed E-state index contributed by atoms with van der Waals surface area (Å²) in [5.74, 6) is 0.942. The van der Waals surface area contributed by atoms with Gasteiger partial charge in [-0.15, -0.1) is 0 Å². The molecule has 2 saturated heterocycles. The molecule has 0 aliphatic carbocycles. The third-order valence-corrected chi connectivity index (χ3v) is 3.52. The summed E-state index contributed by atoms with van der Waals surface area (Å²) in [6.07, 6.45) is 2.36. The maximum absolute atomic E-state index is 11.4. The second-order valence-corrected chi connectivity index (χ2v) is 5.14. The van der Waals surface area contributed by atoms with Gasteiger partial charge in [0.1, 0.15) is 0 Å². The number of carbonyl (C=O) groups is 2. The van der Waals surface area contributed by atoms with Gasteiger partial charge in [0, 0.05) is 13.1 Å². The maximum atomic E-state index is 11.4. The summed E-state index contributed by atoms with van der Waals surface area (Å²) in [6, 6.07) is -0.342. The van der Waals surface area contributed by atoms with Crippen molar-refractivity contribution in [1.29, 1.82) is 0 Å². The van der Waals surface area contributed by atoms with E-state index in [9.17, 15) is 9.59 Å². The topological polar surface area (TPSA) is 91.0 Å². The van der Waals surface area contributed by atoms with Crippen molar-refractivity contribution in [3.05, 3.63) is 0 Å². The summed E-state index contributed by atoms with van der Waals surface area (Å²) in [4.78, 5) is 30.2. The highest BCUT2D eigenvalue weighted by atomic mass is 16.2. The molecule has 1 atom stereocenters. The second-order valence-electron chi connectivity index (χ2n) is 5.14. The van der Waals surface area contributed by atoms with Crippen LogP contribution in [0.5, 0.6) is 0 Å². The Hall–Kier alpha value is -1.79. The lowest BCUT2D eigenvalue weighted by atomic mass is 10.0. The number of likely N-dealkylation sites (tertiary alicyclic amines) is 1. The van der Waals surface area contributed by atoms with Crippen molar-refractivity contribution in [3.63, 3.8) is 0 Å². The van der Waals surface area contributed by atoms with Crippen LogP contribution < -0.4 is 11.1 Å². The molecule has 2 fully saturated rings. The van der Waals surface area contributed by atoms with E-state index >= 15 is 0 Å². The van der Waals surface area contributed by atoms with Gasteiger partial charge in [-0.3, -0.25) is 14.7 Å². The van der Waals surface area contributed by atoms with Crippen molar-refractivity contribution in [3.8, 4) is 0 Å². The van der Waals surface area contributed by atoms with Crippen LogP contribution >= 0.6 is 0 Å². The number of imide groups is 1. The molecule has 7 heteroatoms. The van der Waals surface area contributed by atoms with E-state index in [1.54, 1.807) is 0 Å². The highest BCUT2D eigenvalue weighted by Crippen LogP contribution is 2.14. The number of piperidine rings is 1. The summed E-state index contributed by atoms with van der Waals surface area (Å²) < 4.78 is 0. The lowest BCUT2D eigenvalue weighted by molar-refractivity contribution is -0.124. The van der Waals surface area contributed by atoms with Gasteiger partial charge in [-0.25, -0.2) is 4.79 Å². The van der Waals surface area contributed by atoms with Gasteiger partial charge in [0.05, 0.1) is 19.6 Å². The van der Waals surface area contributed by atoms with Crippen LogP contribution in [-0.2, 0) is 4.79 Å². The van der Waals surface area contributed by atoms with Crippen molar-refractivity contribution in [1.82, 2.24) is 15.1 Å². The Kier molecular flexibility index (Phi) is 4.24. The van der Waals surface area contributed by atoms with Crippen LogP contribution in [0, 0.1) is 5.92 Å². The standard InChI is InChI=1S/C12H21N5O2/c1-9-3-2-5-16(8-9)11(13)14-4-6-17-10(18)7-15-12(17)19/h9H,2-8H2,1H3,(H2,13,14)(H,15,19). The SMILES string of the molecule is CC1CCCN(C(N)=NCCN2C(=O)CNC2=O)C1. The highest BCUT2D eigenvalue weighted by Gasteiger charge is 2.27. The average molecular weight is 267 g/mol. The molecule has 0 aromatic carbocycles. The van der Waals surface area contributed by atoms with Gasteiger partial charge in [0.25, 0.3) is 0 Å². The van der Waals surface area contributed by atoms with Crippen molar-refractivity contribution >= 4 is 17.9 Å². The fourth-order valence-electron chi connectivity index (χ4n) is 2.44. The van der Waals surface area contributed by atoms with Gasteiger partial charge in [0.2, 0.25) is 5.91 Å². The maximum Gasteiger partial charge on any atom is 0.324 e. The molecule has 0 aromatic heterocycles. The fourth-order valence-corrected chi connectivity index (χ4v) is 2.44. The van der Waals surface area contributed by atoms with Crippen LogP contribution in [0.2, 0.25) is 0 Å². The minimum Gasteiger partial charge on any atom is -0.370 e. The number of hydrogen-bond acceptors (Lipinski definition) is 3. The summed E-state index contributed by atoms with van der Waals surface area (Å²) in [6.45, 7) is 4.79. The molecule has 3 N–H and O–H groups in total. The molecule has 2 aliphatic rings. The molecule has 0 saturated carbocycles. The number of aliphatic imine (C=N–C) groups is 1. The number of rotatable bonds is 3. The number of nitrogens with zero attached hydrogens (tertiary/aromatic N) is 3. The molecule has 0 spiro atoms. The number of hydrogen-bond donors (Lipinski definition) is 2. The molecule has 106 valence electrons. The Morgan fingerprint density at radius 2 is 2.32 bits per heavy atom. The smallest absolute Gasteiger partial charge is 0.324 e. The third-order valence-electron chi connectivity index (χ3n) is 3.52. The van der Waals surface area contributed by atoms with E-state index in [0.717, 1.165) is 19.5 Å². The number of carbonyl (C=O) groups excluding carboxylic acids is 2. The number of urea groups is 1. The minimum absolute atomic E-state index is 0.0850. The van der Waals surface area contributed by atoms with E-state index in [-0.39, 0.29) is 25.0 Å². The molecule has 2 aliphatic heterocycles. The van der Waals surface area contributed by atoms with Crippen LogP contribution in [-0.4, -0.2) is 60.4 Å². The van der Waals surface area contributed by atoms with Gasteiger partial charge in [-0.05, 0) is 18.8 Å². The van der Waals surface area contributed by atoms with Gasteiger partial charge in [0.15, 0.2) is 5.96 Å². The number of nitrogens with one attached hydrogen (secondary N) is 1. The largest absolute Gasteiger partial charge is 0.370 e. The first-order chi connectivity index (χ1) is 9.08. The first kappa shape index (κ1) is 13.6. The molecular formula is C12H21N5O2. The zero-order valence-corrected chi connectivity index (χ0v) is 11.3. The molecule has 0 bridgehead atoms. The van der Waals surface area contributed by atoms with Crippen molar-refractivity contribution in [2.24, 2.45) is 16.6 Å². The Labute approximate surface area is 112 Å². The predicted octanol–water partition coefficient (Wildman–Crippen LogP) is -0.415. The lowest BCUT2D eigenvalue weighted by Gasteiger charge is -2.31.